The molecule has 0 saturated carbocycles. The molecule has 2 rings (SSSR count). The number of sulfonamides is 1. The van der Waals surface area contributed by atoms with E-state index in [0.717, 1.165) is 5.56 Å². The van der Waals surface area contributed by atoms with E-state index in [9.17, 15) is 18.0 Å². The molecule has 3 N–H and O–H groups in total. The number of aryl methyl sites for hydroxylation is 1. The fourth-order valence-corrected chi connectivity index (χ4v) is 3.01. The Labute approximate surface area is 170 Å². The van der Waals surface area contributed by atoms with Crippen LogP contribution >= 0.6 is 0 Å². The summed E-state index contributed by atoms with van der Waals surface area (Å²) in [5, 5.41) is 7.72. The van der Waals surface area contributed by atoms with Gasteiger partial charge in [0.2, 0.25) is 10.0 Å². The Balaban J connectivity index is 1.73. The third-order valence-electron chi connectivity index (χ3n) is 4.11. The second-order valence-corrected chi connectivity index (χ2v) is 7.99. The first-order valence-electron chi connectivity index (χ1n) is 8.93. The van der Waals surface area contributed by atoms with Crippen LogP contribution in [0.2, 0.25) is 0 Å². The summed E-state index contributed by atoms with van der Waals surface area (Å²) in [7, 11) is -3.77. The lowest BCUT2D eigenvalue weighted by molar-refractivity contribution is -0.149. The van der Waals surface area contributed by atoms with Crippen LogP contribution in [0.25, 0.3) is 0 Å². The van der Waals surface area contributed by atoms with Gasteiger partial charge in [0.25, 0.3) is 5.91 Å². The highest BCUT2D eigenvalue weighted by atomic mass is 32.2. The average molecular weight is 420 g/mol. The molecule has 2 aromatic carbocycles. The largest absolute Gasteiger partial charge is 0.493 e. The lowest BCUT2D eigenvalue weighted by Gasteiger charge is -2.15. The quantitative estimate of drug-likeness (QED) is 0.596. The van der Waals surface area contributed by atoms with Crippen LogP contribution in [0, 0.1) is 6.92 Å². The van der Waals surface area contributed by atoms with Crippen molar-refractivity contribution in [2.45, 2.75) is 31.2 Å². The van der Waals surface area contributed by atoms with Gasteiger partial charge < -0.3 is 14.8 Å². The zero-order valence-electron chi connectivity index (χ0n) is 16.3. The zero-order valence-corrected chi connectivity index (χ0v) is 17.1. The van der Waals surface area contributed by atoms with E-state index in [4.69, 9.17) is 14.6 Å². The van der Waals surface area contributed by atoms with Crippen molar-refractivity contribution in [3.8, 4) is 5.75 Å². The summed E-state index contributed by atoms with van der Waals surface area (Å²) >= 11 is 0. The summed E-state index contributed by atoms with van der Waals surface area (Å²) < 4.78 is 33.0. The second kappa shape index (κ2) is 10.0. The van der Waals surface area contributed by atoms with Crippen LogP contribution in [0.15, 0.2) is 53.4 Å². The molecule has 1 amide bonds. The fourth-order valence-electron chi connectivity index (χ4n) is 2.49. The third-order valence-corrected chi connectivity index (χ3v) is 5.04. The first-order chi connectivity index (χ1) is 13.7. The van der Waals surface area contributed by atoms with Crippen molar-refractivity contribution in [1.29, 1.82) is 0 Å². The number of hydrogen-bond donors (Lipinski definition) is 2. The van der Waals surface area contributed by atoms with E-state index in [2.05, 4.69) is 5.32 Å². The Morgan fingerprint density at radius 1 is 1.10 bits per heavy atom. The van der Waals surface area contributed by atoms with Gasteiger partial charge in [0.05, 0.1) is 24.0 Å². The number of hydrogen-bond acceptors (Lipinski definition) is 6. The highest BCUT2D eigenvalue weighted by Gasteiger charge is 2.14. The SMILES string of the molecule is Cc1ccccc1OCCC(=O)OCC(=O)N[C@@H](C)c1ccc(S(N)(=O)=O)cc1. The lowest BCUT2D eigenvalue weighted by Crippen LogP contribution is -2.31. The Morgan fingerprint density at radius 3 is 2.38 bits per heavy atom. The molecule has 0 aliphatic carbocycles. The maximum atomic E-state index is 12.0. The average Bonchev–Trinajstić information content (AvgIpc) is 2.67. The Bertz CT molecular complexity index is 957. The molecule has 0 radical (unpaired) electrons. The summed E-state index contributed by atoms with van der Waals surface area (Å²) in [5.41, 5.74) is 1.65. The first kappa shape index (κ1) is 22.4. The van der Waals surface area contributed by atoms with Gasteiger partial charge in [-0.1, -0.05) is 30.3 Å². The van der Waals surface area contributed by atoms with Crippen molar-refractivity contribution in [2.75, 3.05) is 13.2 Å². The van der Waals surface area contributed by atoms with E-state index in [1.54, 1.807) is 19.1 Å². The van der Waals surface area contributed by atoms with Crippen molar-refractivity contribution < 1.29 is 27.5 Å². The van der Waals surface area contributed by atoms with Gasteiger partial charge >= 0.3 is 5.97 Å². The number of para-hydroxylation sites is 1. The van der Waals surface area contributed by atoms with Crippen LogP contribution < -0.4 is 15.2 Å². The van der Waals surface area contributed by atoms with Crippen LogP contribution in [-0.2, 0) is 24.3 Å². The van der Waals surface area contributed by atoms with Crippen LogP contribution in [0.1, 0.15) is 30.5 Å². The molecule has 0 heterocycles. The molecule has 0 bridgehead atoms. The van der Waals surface area contributed by atoms with E-state index in [0.29, 0.717) is 11.3 Å². The predicted octanol–water partition coefficient (Wildman–Crippen LogP) is 1.83. The second-order valence-electron chi connectivity index (χ2n) is 6.43. The van der Waals surface area contributed by atoms with Crippen molar-refractivity contribution in [2.24, 2.45) is 5.14 Å². The van der Waals surface area contributed by atoms with Gasteiger partial charge in [-0.15, -0.1) is 0 Å². The summed E-state index contributed by atoms with van der Waals surface area (Å²) in [4.78, 5) is 23.7. The number of rotatable bonds is 9. The van der Waals surface area contributed by atoms with E-state index in [1.165, 1.54) is 12.1 Å². The summed E-state index contributed by atoms with van der Waals surface area (Å²) in [6, 6.07) is 12.9. The number of ether oxygens (including phenoxy) is 2. The van der Waals surface area contributed by atoms with Crippen LogP contribution in [0.3, 0.4) is 0 Å². The van der Waals surface area contributed by atoms with E-state index >= 15 is 0 Å². The van der Waals surface area contributed by atoms with Crippen molar-refractivity contribution >= 4 is 21.9 Å². The number of nitrogens with one attached hydrogen (secondary N) is 1. The third kappa shape index (κ3) is 7.20. The lowest BCUT2D eigenvalue weighted by atomic mass is 10.1. The minimum absolute atomic E-state index is 0.0124. The minimum Gasteiger partial charge on any atom is -0.493 e. The van der Waals surface area contributed by atoms with Gasteiger partial charge in [-0.2, -0.15) is 0 Å². The van der Waals surface area contributed by atoms with Crippen LogP contribution in [0.4, 0.5) is 0 Å². The number of amides is 1. The normalized spacial score (nSPS) is 12.1. The Kier molecular flexibility index (Phi) is 7.74. The molecule has 0 saturated heterocycles. The molecule has 29 heavy (non-hydrogen) atoms. The summed E-state index contributed by atoms with van der Waals surface area (Å²) in [5.74, 6) is -0.319. The van der Waals surface area contributed by atoms with Crippen LogP contribution in [-0.4, -0.2) is 33.5 Å². The standard InChI is InChI=1S/C20H24N2O6S/c1-14-5-3-4-6-18(14)27-12-11-20(24)28-13-19(23)22-15(2)16-7-9-17(10-8-16)29(21,25)26/h3-10,15H,11-13H2,1-2H3,(H,22,23)(H2,21,25,26)/t15-/m0/s1. The smallest absolute Gasteiger partial charge is 0.309 e. The number of carbonyl (C=O) groups is 2. The molecule has 2 aromatic rings. The molecule has 0 aliphatic heterocycles. The summed E-state index contributed by atoms with van der Waals surface area (Å²) in [6.45, 7) is 3.37. The molecule has 0 unspecified atom stereocenters. The van der Waals surface area contributed by atoms with Crippen molar-refractivity contribution in [3.63, 3.8) is 0 Å². The number of esters is 1. The van der Waals surface area contributed by atoms with E-state index in [1.807, 2.05) is 31.2 Å². The van der Waals surface area contributed by atoms with E-state index in [-0.39, 0.29) is 17.9 Å². The van der Waals surface area contributed by atoms with Gasteiger partial charge in [-0.05, 0) is 43.2 Å². The topological polar surface area (TPSA) is 125 Å². The molecular weight excluding hydrogens is 396 g/mol. The Hall–Kier alpha value is -2.91. The van der Waals surface area contributed by atoms with Crippen LogP contribution in [0.5, 0.6) is 5.75 Å². The molecule has 0 fully saturated rings. The van der Waals surface area contributed by atoms with Crippen molar-refractivity contribution in [1.82, 2.24) is 5.32 Å². The predicted molar refractivity (Wildman–Crippen MR) is 107 cm³/mol. The number of nitrogens with two attached hydrogens (primary N) is 1. The van der Waals surface area contributed by atoms with Gasteiger partial charge in [-0.25, -0.2) is 13.6 Å². The molecule has 0 aromatic heterocycles. The highest BCUT2D eigenvalue weighted by molar-refractivity contribution is 7.89. The fraction of sp³-hybridized carbons (Fsp3) is 0.300. The van der Waals surface area contributed by atoms with E-state index < -0.39 is 34.5 Å². The first-order valence-corrected chi connectivity index (χ1v) is 10.5. The molecule has 0 aliphatic rings. The number of benzene rings is 2. The number of primary sulfonamides is 1. The minimum atomic E-state index is -3.77. The Morgan fingerprint density at radius 2 is 1.76 bits per heavy atom. The molecule has 9 heteroatoms. The summed E-state index contributed by atoms with van der Waals surface area (Å²) in [6.07, 6.45) is 0.0200. The maximum Gasteiger partial charge on any atom is 0.309 e. The van der Waals surface area contributed by atoms with Crippen molar-refractivity contribution in [3.05, 3.63) is 59.7 Å². The molecule has 156 valence electrons. The highest BCUT2D eigenvalue weighted by Crippen LogP contribution is 2.17. The zero-order chi connectivity index (χ0) is 21.4. The van der Waals surface area contributed by atoms with Gasteiger partial charge in [0.15, 0.2) is 6.61 Å². The maximum absolute atomic E-state index is 12.0. The molecule has 8 nitrogen and oxygen atoms in total. The van der Waals surface area contributed by atoms with Gasteiger partial charge in [0, 0.05) is 0 Å². The number of carbonyl (C=O) groups excluding carboxylic acids is 2. The monoisotopic (exact) mass is 420 g/mol. The van der Waals surface area contributed by atoms with Gasteiger partial charge in [-0.3, -0.25) is 9.59 Å². The molecule has 0 spiro atoms. The molecule has 1 atom stereocenters. The molecular formula is C20H24N2O6S. The van der Waals surface area contributed by atoms with Gasteiger partial charge in [0.1, 0.15) is 5.75 Å².